The number of methoxy groups -OCH3 is 1. The SMILES string of the molecule is COC(=O)C[C@H](O)C[C@H](O)C=Cc1c(-c2ccc(F)cc2)c(-c2ccc(F)cc2)c(C(=O)Nc2ccc(S(N)(=O)=O)cc2)n1C(C)C. The van der Waals surface area contributed by atoms with Crippen LogP contribution in [0.5, 0.6) is 0 Å². The van der Waals surface area contributed by atoms with Gasteiger partial charge in [-0.05, 0) is 79.6 Å². The summed E-state index contributed by atoms with van der Waals surface area (Å²) in [5, 5.41) is 29.0. The van der Waals surface area contributed by atoms with Gasteiger partial charge in [0.15, 0.2) is 0 Å². The van der Waals surface area contributed by atoms with E-state index in [1.807, 2.05) is 13.8 Å². The van der Waals surface area contributed by atoms with Crippen molar-refractivity contribution in [3.05, 3.63) is 102 Å². The van der Waals surface area contributed by atoms with Gasteiger partial charge >= 0.3 is 5.97 Å². The van der Waals surface area contributed by atoms with Crippen LogP contribution in [0.1, 0.15) is 48.9 Å². The molecule has 0 spiro atoms. The number of anilines is 1. The lowest BCUT2D eigenvalue weighted by atomic mass is 9.94. The molecule has 248 valence electrons. The summed E-state index contributed by atoms with van der Waals surface area (Å²) in [6.07, 6.45) is 0.0689. The molecule has 0 radical (unpaired) electrons. The lowest BCUT2D eigenvalue weighted by Crippen LogP contribution is -2.21. The molecule has 0 bridgehead atoms. The van der Waals surface area contributed by atoms with Crippen LogP contribution in [0.3, 0.4) is 0 Å². The van der Waals surface area contributed by atoms with Crippen LogP contribution in [-0.4, -0.2) is 54.4 Å². The van der Waals surface area contributed by atoms with Crippen molar-refractivity contribution in [1.82, 2.24) is 4.57 Å². The second-order valence-electron chi connectivity index (χ2n) is 11.1. The lowest BCUT2D eigenvalue weighted by molar-refractivity contribution is -0.143. The number of aliphatic hydroxyl groups is 2. The number of primary sulfonamides is 1. The quantitative estimate of drug-likeness (QED) is 0.150. The zero-order valence-electron chi connectivity index (χ0n) is 25.9. The van der Waals surface area contributed by atoms with Crippen LogP contribution in [0.15, 0.2) is 83.8 Å². The van der Waals surface area contributed by atoms with Crippen LogP contribution in [0.2, 0.25) is 0 Å². The molecule has 0 saturated carbocycles. The van der Waals surface area contributed by atoms with Gasteiger partial charge in [0, 0.05) is 35.0 Å². The third-order valence-corrected chi connectivity index (χ3v) is 8.23. The van der Waals surface area contributed by atoms with Gasteiger partial charge in [-0.1, -0.05) is 30.3 Å². The molecule has 0 aliphatic rings. The van der Waals surface area contributed by atoms with E-state index in [1.54, 1.807) is 10.6 Å². The summed E-state index contributed by atoms with van der Waals surface area (Å²) >= 11 is 0. The molecule has 0 fully saturated rings. The average molecular weight is 668 g/mol. The number of carbonyl (C=O) groups is 2. The minimum atomic E-state index is -3.97. The van der Waals surface area contributed by atoms with E-state index in [2.05, 4.69) is 10.1 Å². The smallest absolute Gasteiger partial charge is 0.308 e. The molecule has 10 nitrogen and oxygen atoms in total. The van der Waals surface area contributed by atoms with Gasteiger partial charge in [0.05, 0.1) is 30.6 Å². The maximum atomic E-state index is 14.2. The van der Waals surface area contributed by atoms with Crippen molar-refractivity contribution in [2.24, 2.45) is 5.14 Å². The molecule has 47 heavy (non-hydrogen) atoms. The number of amides is 1. The number of benzene rings is 3. The summed E-state index contributed by atoms with van der Waals surface area (Å²) in [4.78, 5) is 25.6. The number of hydrogen-bond donors (Lipinski definition) is 4. The van der Waals surface area contributed by atoms with Crippen LogP contribution in [0, 0.1) is 11.6 Å². The first-order chi connectivity index (χ1) is 22.2. The second kappa shape index (κ2) is 14.8. The molecular weight excluding hydrogens is 632 g/mol. The standard InChI is InChI=1S/C34H35F2N3O7S/c1-20(2)39-29(17-14-26(40)18-27(41)19-30(42)46-3)31(21-4-8-23(35)9-5-21)32(22-6-10-24(36)11-7-22)33(39)34(43)38-25-12-15-28(16-13-25)47(37,44)45/h4-17,20,26-27,40-41H,18-19H2,1-3H3,(H,38,43)(H2,37,44,45)/t26-,27-/m1/s1. The lowest BCUT2D eigenvalue weighted by Gasteiger charge is -2.17. The van der Waals surface area contributed by atoms with Crippen molar-refractivity contribution in [2.45, 2.75) is 49.8 Å². The molecule has 3 aromatic carbocycles. The van der Waals surface area contributed by atoms with Gasteiger partial charge in [-0.25, -0.2) is 22.3 Å². The summed E-state index contributed by atoms with van der Waals surface area (Å²) < 4.78 is 57.9. The number of rotatable bonds is 12. The highest BCUT2D eigenvalue weighted by Crippen LogP contribution is 2.43. The number of halogens is 2. The van der Waals surface area contributed by atoms with E-state index in [0.29, 0.717) is 27.9 Å². The normalized spacial score (nSPS) is 13.1. The van der Waals surface area contributed by atoms with Crippen LogP contribution in [0.4, 0.5) is 14.5 Å². The Morgan fingerprint density at radius 1 is 0.915 bits per heavy atom. The average Bonchev–Trinajstić information content (AvgIpc) is 3.36. The number of nitrogens with zero attached hydrogens (tertiary/aromatic N) is 1. The first-order valence-electron chi connectivity index (χ1n) is 14.5. The number of nitrogens with two attached hydrogens (primary N) is 1. The van der Waals surface area contributed by atoms with Gasteiger partial charge < -0.3 is 24.8 Å². The van der Waals surface area contributed by atoms with Crippen molar-refractivity contribution in [3.8, 4) is 22.3 Å². The predicted molar refractivity (Wildman–Crippen MR) is 174 cm³/mol. The molecule has 0 aliphatic carbocycles. The summed E-state index contributed by atoms with van der Waals surface area (Å²) in [6, 6.07) is 16.0. The van der Waals surface area contributed by atoms with E-state index in [0.717, 1.165) is 0 Å². The third kappa shape index (κ3) is 8.57. The highest BCUT2D eigenvalue weighted by atomic mass is 32.2. The van der Waals surface area contributed by atoms with Crippen molar-refractivity contribution in [1.29, 1.82) is 0 Å². The maximum Gasteiger partial charge on any atom is 0.308 e. The Morgan fingerprint density at radius 2 is 1.45 bits per heavy atom. The Balaban J connectivity index is 1.94. The Hall–Kier alpha value is -4.69. The Labute approximate surface area is 271 Å². The van der Waals surface area contributed by atoms with Gasteiger partial charge in [-0.3, -0.25) is 9.59 Å². The summed E-state index contributed by atoms with van der Waals surface area (Å²) in [6.45, 7) is 3.66. The molecule has 1 heterocycles. The van der Waals surface area contributed by atoms with E-state index in [-0.39, 0.29) is 35.2 Å². The Kier molecular flexibility index (Phi) is 11.1. The highest BCUT2D eigenvalue weighted by molar-refractivity contribution is 7.89. The highest BCUT2D eigenvalue weighted by Gasteiger charge is 2.30. The van der Waals surface area contributed by atoms with Crippen molar-refractivity contribution >= 4 is 33.7 Å². The number of hydrogen-bond acceptors (Lipinski definition) is 7. The molecule has 1 aromatic heterocycles. The molecule has 4 rings (SSSR count). The van der Waals surface area contributed by atoms with Gasteiger partial charge in [-0.15, -0.1) is 0 Å². The van der Waals surface area contributed by atoms with E-state index in [4.69, 9.17) is 5.14 Å². The molecule has 4 aromatic rings. The predicted octanol–water partition coefficient (Wildman–Crippen LogP) is 5.27. The molecular formula is C34H35F2N3O7S. The fourth-order valence-electron chi connectivity index (χ4n) is 5.17. The zero-order chi connectivity index (χ0) is 34.5. The van der Waals surface area contributed by atoms with Crippen LogP contribution in [0.25, 0.3) is 28.3 Å². The number of aromatic nitrogens is 1. The minimum absolute atomic E-state index is 0.140. The first kappa shape index (κ1) is 35.2. The first-order valence-corrected chi connectivity index (χ1v) is 16.1. The molecule has 0 unspecified atom stereocenters. The number of esters is 1. The van der Waals surface area contributed by atoms with E-state index >= 15 is 0 Å². The van der Waals surface area contributed by atoms with Gasteiger partial charge in [0.25, 0.3) is 5.91 Å². The van der Waals surface area contributed by atoms with Crippen molar-refractivity contribution in [3.63, 3.8) is 0 Å². The molecule has 5 N–H and O–H groups in total. The number of nitrogens with one attached hydrogen (secondary N) is 1. The van der Waals surface area contributed by atoms with Crippen LogP contribution in [-0.2, 0) is 19.6 Å². The molecule has 13 heteroatoms. The number of sulfonamides is 1. The van der Waals surface area contributed by atoms with Crippen LogP contribution >= 0.6 is 0 Å². The van der Waals surface area contributed by atoms with Crippen molar-refractivity contribution < 1.29 is 41.7 Å². The number of aliphatic hydroxyl groups excluding tert-OH is 2. The zero-order valence-corrected chi connectivity index (χ0v) is 26.7. The minimum Gasteiger partial charge on any atom is -0.469 e. The van der Waals surface area contributed by atoms with Gasteiger partial charge in [-0.2, -0.15) is 0 Å². The number of ether oxygens (including phenoxy) is 1. The summed E-state index contributed by atoms with van der Waals surface area (Å²) in [5.74, 6) is -2.23. The molecule has 0 saturated heterocycles. The van der Waals surface area contributed by atoms with Gasteiger partial charge in [0.2, 0.25) is 10.0 Å². The number of carbonyl (C=O) groups excluding carboxylic acids is 2. The summed E-state index contributed by atoms with van der Waals surface area (Å²) in [5.41, 5.74) is 2.66. The van der Waals surface area contributed by atoms with Crippen molar-refractivity contribution in [2.75, 3.05) is 12.4 Å². The molecule has 2 atom stereocenters. The fraction of sp³-hybridized carbons (Fsp3) is 0.235. The van der Waals surface area contributed by atoms with E-state index in [9.17, 15) is 37.0 Å². The van der Waals surface area contributed by atoms with Crippen LogP contribution < -0.4 is 10.5 Å². The largest absolute Gasteiger partial charge is 0.469 e. The topological polar surface area (TPSA) is 161 Å². The third-order valence-electron chi connectivity index (χ3n) is 7.30. The maximum absolute atomic E-state index is 14.2. The second-order valence-corrected chi connectivity index (χ2v) is 12.6. The Morgan fingerprint density at radius 3 is 1.94 bits per heavy atom. The monoisotopic (exact) mass is 667 g/mol. The fourth-order valence-corrected chi connectivity index (χ4v) is 5.69. The van der Waals surface area contributed by atoms with E-state index < -0.39 is 45.7 Å². The van der Waals surface area contributed by atoms with E-state index in [1.165, 1.54) is 86.0 Å². The molecule has 0 aliphatic heterocycles. The Bertz CT molecular complexity index is 1870. The summed E-state index contributed by atoms with van der Waals surface area (Å²) in [7, 11) is -2.78. The van der Waals surface area contributed by atoms with Gasteiger partial charge in [0.1, 0.15) is 17.3 Å². The molecule has 1 amide bonds.